The van der Waals surface area contributed by atoms with Gasteiger partial charge in [-0.1, -0.05) is 0 Å². The molecule has 0 saturated carbocycles. The Bertz CT molecular complexity index is 384. The summed E-state index contributed by atoms with van der Waals surface area (Å²) >= 11 is 0. The van der Waals surface area contributed by atoms with Crippen molar-refractivity contribution in [3.8, 4) is 6.07 Å². The summed E-state index contributed by atoms with van der Waals surface area (Å²) < 4.78 is 37.4. The SMILES string of the molecule is N#CCc1cc(C(F)F)c(F)c(N)n1. The number of nitriles is 1. The molecule has 0 aromatic carbocycles. The van der Waals surface area contributed by atoms with Gasteiger partial charge in [-0.25, -0.2) is 18.2 Å². The Morgan fingerprint density at radius 3 is 2.71 bits per heavy atom. The van der Waals surface area contributed by atoms with Crippen molar-refractivity contribution >= 4 is 5.82 Å². The van der Waals surface area contributed by atoms with E-state index < -0.39 is 23.6 Å². The summed E-state index contributed by atoms with van der Waals surface area (Å²) in [6.07, 6.45) is -3.14. The molecule has 0 aliphatic heterocycles. The van der Waals surface area contributed by atoms with E-state index in [-0.39, 0.29) is 12.1 Å². The van der Waals surface area contributed by atoms with Crippen molar-refractivity contribution in [2.75, 3.05) is 5.73 Å². The number of hydrogen-bond donors (Lipinski definition) is 1. The van der Waals surface area contributed by atoms with Crippen molar-refractivity contribution < 1.29 is 13.2 Å². The molecule has 3 nitrogen and oxygen atoms in total. The summed E-state index contributed by atoms with van der Waals surface area (Å²) in [5.41, 5.74) is 4.29. The van der Waals surface area contributed by atoms with Gasteiger partial charge in [-0.2, -0.15) is 5.26 Å². The van der Waals surface area contributed by atoms with E-state index >= 15 is 0 Å². The molecule has 0 bridgehead atoms. The summed E-state index contributed by atoms with van der Waals surface area (Å²) in [7, 11) is 0. The van der Waals surface area contributed by atoms with Gasteiger partial charge in [-0.15, -0.1) is 0 Å². The van der Waals surface area contributed by atoms with Crippen molar-refractivity contribution in [3.63, 3.8) is 0 Å². The maximum absolute atomic E-state index is 12.9. The molecule has 0 saturated heterocycles. The third kappa shape index (κ3) is 1.93. The van der Waals surface area contributed by atoms with E-state index in [4.69, 9.17) is 11.0 Å². The molecule has 0 spiro atoms. The topological polar surface area (TPSA) is 62.7 Å². The highest BCUT2D eigenvalue weighted by molar-refractivity contribution is 5.38. The predicted molar refractivity (Wildman–Crippen MR) is 42.9 cm³/mol. The van der Waals surface area contributed by atoms with Crippen LogP contribution >= 0.6 is 0 Å². The minimum Gasteiger partial charge on any atom is -0.381 e. The van der Waals surface area contributed by atoms with Crippen LogP contribution in [0.5, 0.6) is 0 Å². The lowest BCUT2D eigenvalue weighted by Gasteiger charge is -2.05. The molecule has 0 aliphatic carbocycles. The Labute approximate surface area is 78.0 Å². The third-order valence-corrected chi connectivity index (χ3v) is 1.56. The van der Waals surface area contributed by atoms with Crippen LogP contribution in [-0.4, -0.2) is 4.98 Å². The molecule has 14 heavy (non-hydrogen) atoms. The average Bonchev–Trinajstić information content (AvgIpc) is 2.11. The number of pyridine rings is 1. The number of nitrogen functional groups attached to an aromatic ring is 1. The second kappa shape index (κ2) is 3.96. The Morgan fingerprint density at radius 2 is 2.21 bits per heavy atom. The van der Waals surface area contributed by atoms with Gasteiger partial charge < -0.3 is 5.73 Å². The van der Waals surface area contributed by atoms with Gasteiger partial charge in [0, 0.05) is 0 Å². The Kier molecular flexibility index (Phi) is 2.92. The zero-order valence-electron chi connectivity index (χ0n) is 6.97. The first-order valence-electron chi connectivity index (χ1n) is 3.66. The van der Waals surface area contributed by atoms with Crippen molar-refractivity contribution in [1.82, 2.24) is 4.98 Å². The number of aromatic nitrogens is 1. The molecule has 0 unspecified atom stereocenters. The van der Waals surface area contributed by atoms with E-state index in [2.05, 4.69) is 4.98 Å². The molecular formula is C8H6F3N3. The highest BCUT2D eigenvalue weighted by Gasteiger charge is 2.17. The van der Waals surface area contributed by atoms with Crippen LogP contribution in [0, 0.1) is 17.1 Å². The van der Waals surface area contributed by atoms with Gasteiger partial charge in [0.15, 0.2) is 11.6 Å². The summed E-state index contributed by atoms with van der Waals surface area (Å²) in [6, 6.07) is 2.56. The van der Waals surface area contributed by atoms with Gasteiger partial charge in [0.25, 0.3) is 6.43 Å². The van der Waals surface area contributed by atoms with Gasteiger partial charge in [-0.05, 0) is 6.07 Å². The Morgan fingerprint density at radius 1 is 1.57 bits per heavy atom. The summed E-state index contributed by atoms with van der Waals surface area (Å²) in [5.74, 6) is -1.82. The Balaban J connectivity index is 3.22. The zero-order valence-corrected chi connectivity index (χ0v) is 6.97. The minimum atomic E-state index is -2.96. The van der Waals surface area contributed by atoms with E-state index in [1.807, 2.05) is 0 Å². The lowest BCUT2D eigenvalue weighted by Crippen LogP contribution is -2.04. The second-order valence-corrected chi connectivity index (χ2v) is 2.54. The molecule has 0 aliphatic rings. The highest BCUT2D eigenvalue weighted by atomic mass is 19.3. The average molecular weight is 201 g/mol. The normalized spacial score (nSPS) is 10.2. The van der Waals surface area contributed by atoms with Crippen LogP contribution in [0.3, 0.4) is 0 Å². The number of alkyl halides is 2. The van der Waals surface area contributed by atoms with E-state index in [9.17, 15) is 13.2 Å². The van der Waals surface area contributed by atoms with Crippen LogP contribution in [0.2, 0.25) is 0 Å². The summed E-state index contributed by atoms with van der Waals surface area (Å²) in [5, 5.41) is 8.30. The number of nitrogens with two attached hydrogens (primary N) is 1. The summed E-state index contributed by atoms with van der Waals surface area (Å²) in [4.78, 5) is 3.45. The third-order valence-electron chi connectivity index (χ3n) is 1.56. The maximum atomic E-state index is 12.9. The second-order valence-electron chi connectivity index (χ2n) is 2.54. The van der Waals surface area contributed by atoms with Gasteiger partial charge >= 0.3 is 0 Å². The first-order chi connectivity index (χ1) is 6.56. The lowest BCUT2D eigenvalue weighted by atomic mass is 10.2. The highest BCUT2D eigenvalue weighted by Crippen LogP contribution is 2.25. The maximum Gasteiger partial charge on any atom is 0.266 e. The minimum absolute atomic E-state index is 0.0432. The van der Waals surface area contributed by atoms with Crippen LogP contribution < -0.4 is 5.73 Å². The number of hydrogen-bond acceptors (Lipinski definition) is 3. The smallest absolute Gasteiger partial charge is 0.266 e. The van der Waals surface area contributed by atoms with Crippen LogP contribution in [0.1, 0.15) is 17.7 Å². The van der Waals surface area contributed by atoms with Gasteiger partial charge in [0.1, 0.15) is 0 Å². The van der Waals surface area contributed by atoms with E-state index in [1.165, 1.54) is 0 Å². The number of halogens is 3. The molecule has 1 heterocycles. The van der Waals surface area contributed by atoms with E-state index in [1.54, 1.807) is 6.07 Å². The first-order valence-corrected chi connectivity index (χ1v) is 3.66. The van der Waals surface area contributed by atoms with Gasteiger partial charge in [0.2, 0.25) is 0 Å². The fraction of sp³-hybridized carbons (Fsp3) is 0.250. The van der Waals surface area contributed by atoms with Crippen LogP contribution in [0.15, 0.2) is 6.07 Å². The molecule has 1 aromatic heterocycles. The molecule has 0 atom stereocenters. The molecule has 0 radical (unpaired) electrons. The molecule has 1 rings (SSSR count). The van der Waals surface area contributed by atoms with E-state index in [0.717, 1.165) is 6.07 Å². The molecular weight excluding hydrogens is 195 g/mol. The fourth-order valence-corrected chi connectivity index (χ4v) is 0.957. The zero-order chi connectivity index (χ0) is 10.7. The fourth-order valence-electron chi connectivity index (χ4n) is 0.957. The van der Waals surface area contributed by atoms with Crippen LogP contribution in [0.25, 0.3) is 0 Å². The Hall–Kier alpha value is -1.77. The molecule has 0 amide bonds. The number of rotatable bonds is 2. The molecule has 74 valence electrons. The predicted octanol–water partition coefficient (Wildman–Crippen LogP) is 1.81. The molecule has 6 heteroatoms. The molecule has 2 N–H and O–H groups in total. The van der Waals surface area contributed by atoms with Crippen molar-refractivity contribution in [3.05, 3.63) is 23.1 Å². The van der Waals surface area contributed by atoms with Crippen molar-refractivity contribution in [2.24, 2.45) is 0 Å². The first kappa shape index (κ1) is 10.3. The van der Waals surface area contributed by atoms with Crippen molar-refractivity contribution in [1.29, 1.82) is 5.26 Å². The number of nitrogens with zero attached hydrogens (tertiary/aromatic N) is 2. The largest absolute Gasteiger partial charge is 0.381 e. The number of anilines is 1. The monoisotopic (exact) mass is 201 g/mol. The van der Waals surface area contributed by atoms with Crippen molar-refractivity contribution in [2.45, 2.75) is 12.8 Å². The van der Waals surface area contributed by atoms with E-state index in [0.29, 0.717) is 0 Å². The standard InChI is InChI=1S/C8H6F3N3/c9-6-5(7(10)11)3-4(1-2-12)14-8(6)13/h3,7H,1H2,(H2,13,14). The molecule has 0 fully saturated rings. The summed E-state index contributed by atoms with van der Waals surface area (Å²) in [6.45, 7) is 0. The van der Waals surface area contributed by atoms with Crippen LogP contribution in [-0.2, 0) is 6.42 Å². The van der Waals surface area contributed by atoms with Crippen LogP contribution in [0.4, 0.5) is 19.0 Å². The quantitative estimate of drug-likeness (QED) is 0.793. The van der Waals surface area contributed by atoms with Gasteiger partial charge in [0.05, 0.1) is 23.7 Å². The van der Waals surface area contributed by atoms with Gasteiger partial charge in [-0.3, -0.25) is 0 Å². The lowest BCUT2D eigenvalue weighted by molar-refractivity contribution is 0.146. The molecule has 1 aromatic rings.